The molecule has 1 aliphatic rings. The first kappa shape index (κ1) is 14.3. The number of hydrogen-bond donors (Lipinski definition) is 1. The first-order valence-corrected chi connectivity index (χ1v) is 7.88. The second-order valence-corrected chi connectivity index (χ2v) is 6.84. The number of hydrogen-bond acceptors (Lipinski definition) is 4. The minimum absolute atomic E-state index is 0.0729. The quantitative estimate of drug-likeness (QED) is 0.903. The molecule has 106 valence electrons. The van der Waals surface area contributed by atoms with Crippen LogP contribution in [0.15, 0.2) is 29.2 Å². The third-order valence-electron chi connectivity index (χ3n) is 3.69. The molecular weight excluding hydrogens is 264 g/mol. The molecule has 1 heterocycles. The summed E-state index contributed by atoms with van der Waals surface area (Å²) in [5, 5.41) is 9.23. The highest BCUT2D eigenvalue weighted by Gasteiger charge is 2.31. The van der Waals surface area contributed by atoms with Gasteiger partial charge in [-0.25, -0.2) is 8.42 Å². The molecule has 0 radical (unpaired) electrons. The van der Waals surface area contributed by atoms with E-state index in [0.717, 1.165) is 13.0 Å². The van der Waals surface area contributed by atoms with Gasteiger partial charge in [0.1, 0.15) is 5.75 Å². The average molecular weight is 284 g/mol. The van der Waals surface area contributed by atoms with Crippen LogP contribution in [0.1, 0.15) is 13.3 Å². The number of rotatable bonds is 3. The van der Waals surface area contributed by atoms with Gasteiger partial charge in [-0.3, -0.25) is 0 Å². The van der Waals surface area contributed by atoms with Crippen LogP contribution in [0.5, 0.6) is 5.75 Å². The van der Waals surface area contributed by atoms with Crippen LogP contribution in [0.3, 0.4) is 0 Å². The second-order valence-electron chi connectivity index (χ2n) is 4.90. The monoisotopic (exact) mass is 284 g/mol. The van der Waals surface area contributed by atoms with E-state index in [4.69, 9.17) is 0 Å². The van der Waals surface area contributed by atoms with Crippen molar-refractivity contribution in [2.45, 2.75) is 24.3 Å². The van der Waals surface area contributed by atoms with Gasteiger partial charge in [-0.05, 0) is 37.7 Å². The highest BCUT2D eigenvalue weighted by molar-refractivity contribution is 7.89. The molecule has 1 saturated heterocycles. The van der Waals surface area contributed by atoms with Crippen LogP contribution in [-0.4, -0.2) is 55.5 Å². The molecule has 1 aromatic carbocycles. The van der Waals surface area contributed by atoms with Gasteiger partial charge in [0.15, 0.2) is 0 Å². The summed E-state index contributed by atoms with van der Waals surface area (Å²) in [4.78, 5) is 2.44. The Hall–Kier alpha value is -1.11. The standard InChI is InChI=1S/C13H20N2O3S/c1-3-11-10-15(9-8-14(11)2)19(17,18)13-6-4-12(16)5-7-13/h4-7,11,16H,3,8-10H2,1-2H3. The maximum atomic E-state index is 12.5. The summed E-state index contributed by atoms with van der Waals surface area (Å²) in [5.74, 6) is 0.0729. The summed E-state index contributed by atoms with van der Waals surface area (Å²) in [6.45, 7) is 3.85. The van der Waals surface area contributed by atoms with Crippen molar-refractivity contribution in [3.05, 3.63) is 24.3 Å². The Morgan fingerprint density at radius 3 is 2.47 bits per heavy atom. The van der Waals surface area contributed by atoms with Gasteiger partial charge in [0.2, 0.25) is 10.0 Å². The topological polar surface area (TPSA) is 60.9 Å². The van der Waals surface area contributed by atoms with Crippen LogP contribution in [0.2, 0.25) is 0 Å². The molecule has 1 atom stereocenters. The molecule has 1 aliphatic heterocycles. The van der Waals surface area contributed by atoms with E-state index in [2.05, 4.69) is 11.8 Å². The average Bonchev–Trinajstić information content (AvgIpc) is 2.39. The number of benzene rings is 1. The maximum absolute atomic E-state index is 12.5. The molecule has 0 saturated carbocycles. The fourth-order valence-corrected chi connectivity index (χ4v) is 3.81. The van der Waals surface area contributed by atoms with E-state index in [1.165, 1.54) is 28.6 Å². The van der Waals surface area contributed by atoms with E-state index in [9.17, 15) is 13.5 Å². The van der Waals surface area contributed by atoms with Gasteiger partial charge < -0.3 is 10.0 Å². The van der Waals surface area contributed by atoms with Gasteiger partial charge in [-0.2, -0.15) is 4.31 Å². The zero-order valence-electron chi connectivity index (χ0n) is 11.3. The molecule has 1 N–H and O–H groups in total. The SMILES string of the molecule is CCC1CN(S(=O)(=O)c2ccc(O)cc2)CCN1C. The fraction of sp³-hybridized carbons (Fsp3) is 0.538. The minimum atomic E-state index is -3.45. The van der Waals surface area contributed by atoms with E-state index in [0.29, 0.717) is 13.1 Å². The number of phenols is 1. The van der Waals surface area contributed by atoms with Gasteiger partial charge in [-0.1, -0.05) is 6.92 Å². The summed E-state index contributed by atoms with van der Waals surface area (Å²) < 4.78 is 26.5. The Morgan fingerprint density at radius 1 is 1.26 bits per heavy atom. The number of aromatic hydroxyl groups is 1. The third kappa shape index (κ3) is 2.91. The maximum Gasteiger partial charge on any atom is 0.243 e. The van der Waals surface area contributed by atoms with E-state index in [1.54, 1.807) is 0 Å². The van der Waals surface area contributed by atoms with Crippen molar-refractivity contribution in [3.8, 4) is 5.75 Å². The minimum Gasteiger partial charge on any atom is -0.508 e. The zero-order valence-corrected chi connectivity index (χ0v) is 12.1. The molecule has 0 aliphatic carbocycles. The first-order chi connectivity index (χ1) is 8.95. The number of sulfonamides is 1. The van der Waals surface area contributed by atoms with Gasteiger partial charge in [0, 0.05) is 25.7 Å². The molecule has 2 rings (SSSR count). The van der Waals surface area contributed by atoms with Crippen molar-refractivity contribution in [2.75, 3.05) is 26.7 Å². The lowest BCUT2D eigenvalue weighted by molar-refractivity contribution is 0.144. The third-order valence-corrected chi connectivity index (χ3v) is 5.56. The Labute approximate surface area is 114 Å². The lowest BCUT2D eigenvalue weighted by Gasteiger charge is -2.38. The van der Waals surface area contributed by atoms with Crippen molar-refractivity contribution in [3.63, 3.8) is 0 Å². The molecule has 19 heavy (non-hydrogen) atoms. The predicted molar refractivity (Wildman–Crippen MR) is 73.6 cm³/mol. The van der Waals surface area contributed by atoms with Crippen LogP contribution in [0.25, 0.3) is 0 Å². The Balaban J connectivity index is 2.23. The summed E-state index contributed by atoms with van der Waals surface area (Å²) >= 11 is 0. The van der Waals surface area contributed by atoms with Crippen LogP contribution < -0.4 is 0 Å². The van der Waals surface area contributed by atoms with E-state index in [-0.39, 0.29) is 16.7 Å². The van der Waals surface area contributed by atoms with Crippen LogP contribution >= 0.6 is 0 Å². The zero-order chi connectivity index (χ0) is 14.0. The van der Waals surface area contributed by atoms with E-state index in [1.807, 2.05) is 7.05 Å². The molecule has 1 unspecified atom stereocenters. The first-order valence-electron chi connectivity index (χ1n) is 6.44. The van der Waals surface area contributed by atoms with Crippen LogP contribution in [0, 0.1) is 0 Å². The molecule has 0 spiro atoms. The summed E-state index contributed by atoms with van der Waals surface area (Å²) in [5.41, 5.74) is 0. The molecule has 6 heteroatoms. The van der Waals surface area contributed by atoms with Crippen LogP contribution in [-0.2, 0) is 10.0 Å². The van der Waals surface area contributed by atoms with Gasteiger partial charge in [-0.15, -0.1) is 0 Å². The second kappa shape index (κ2) is 5.48. The number of nitrogens with zero attached hydrogens (tertiary/aromatic N) is 2. The molecule has 0 aromatic heterocycles. The fourth-order valence-electron chi connectivity index (χ4n) is 2.34. The van der Waals surface area contributed by atoms with Crippen molar-refractivity contribution < 1.29 is 13.5 Å². The molecular formula is C13H20N2O3S. The van der Waals surface area contributed by atoms with Gasteiger partial charge in [0.05, 0.1) is 4.90 Å². The van der Waals surface area contributed by atoms with Crippen LogP contribution in [0.4, 0.5) is 0 Å². The molecule has 0 amide bonds. The smallest absolute Gasteiger partial charge is 0.243 e. The molecule has 1 fully saturated rings. The predicted octanol–water partition coefficient (Wildman–Crippen LogP) is 1.11. The molecule has 0 bridgehead atoms. The highest BCUT2D eigenvalue weighted by Crippen LogP contribution is 2.22. The van der Waals surface area contributed by atoms with Crippen molar-refractivity contribution >= 4 is 10.0 Å². The molecule has 5 nitrogen and oxygen atoms in total. The number of likely N-dealkylation sites (N-methyl/N-ethyl adjacent to an activating group) is 1. The Kier molecular flexibility index (Phi) is 4.13. The highest BCUT2D eigenvalue weighted by atomic mass is 32.2. The largest absolute Gasteiger partial charge is 0.508 e. The Morgan fingerprint density at radius 2 is 1.89 bits per heavy atom. The van der Waals surface area contributed by atoms with E-state index < -0.39 is 10.0 Å². The van der Waals surface area contributed by atoms with Crippen molar-refractivity contribution in [1.82, 2.24) is 9.21 Å². The number of piperazine rings is 1. The van der Waals surface area contributed by atoms with E-state index >= 15 is 0 Å². The lowest BCUT2D eigenvalue weighted by atomic mass is 10.1. The normalized spacial score (nSPS) is 22.5. The van der Waals surface area contributed by atoms with Crippen molar-refractivity contribution in [2.24, 2.45) is 0 Å². The van der Waals surface area contributed by atoms with Gasteiger partial charge >= 0.3 is 0 Å². The lowest BCUT2D eigenvalue weighted by Crippen LogP contribution is -2.52. The van der Waals surface area contributed by atoms with Gasteiger partial charge in [0.25, 0.3) is 0 Å². The summed E-state index contributed by atoms with van der Waals surface area (Å²) in [6.07, 6.45) is 0.929. The molecule has 1 aromatic rings. The summed E-state index contributed by atoms with van der Waals surface area (Å²) in [7, 11) is -1.42. The Bertz CT molecular complexity index is 527. The summed E-state index contributed by atoms with van der Waals surface area (Å²) in [6, 6.07) is 5.97. The van der Waals surface area contributed by atoms with Crippen molar-refractivity contribution in [1.29, 1.82) is 0 Å². The number of phenolic OH excluding ortho intramolecular Hbond substituents is 1.